The lowest BCUT2D eigenvalue weighted by atomic mass is 9.86. The van der Waals surface area contributed by atoms with E-state index in [9.17, 15) is 14.7 Å². The van der Waals surface area contributed by atoms with Crippen LogP contribution in [0.5, 0.6) is 0 Å². The Labute approximate surface area is 131 Å². The van der Waals surface area contributed by atoms with Gasteiger partial charge in [-0.3, -0.25) is 4.79 Å². The van der Waals surface area contributed by atoms with Crippen molar-refractivity contribution in [3.63, 3.8) is 0 Å². The summed E-state index contributed by atoms with van der Waals surface area (Å²) in [7, 11) is 6.16. The minimum Gasteiger partial charge on any atom is -0.477 e. The zero-order chi connectivity index (χ0) is 16.5. The molecule has 0 spiro atoms. The summed E-state index contributed by atoms with van der Waals surface area (Å²) in [6.45, 7) is 4.13. The molecule has 1 saturated heterocycles. The van der Waals surface area contributed by atoms with Gasteiger partial charge in [0.1, 0.15) is 5.56 Å². The number of pyridine rings is 1. The lowest BCUT2D eigenvalue weighted by Gasteiger charge is -2.45. The lowest BCUT2D eigenvalue weighted by molar-refractivity contribution is 0.0499. The first-order valence-electron chi connectivity index (χ1n) is 7.56. The van der Waals surface area contributed by atoms with Crippen LogP contribution in [0.3, 0.4) is 0 Å². The molecule has 0 radical (unpaired) electrons. The summed E-state index contributed by atoms with van der Waals surface area (Å²) >= 11 is 0. The van der Waals surface area contributed by atoms with E-state index in [2.05, 4.69) is 16.8 Å². The number of aryl methyl sites for hydroxylation is 1. The predicted octanol–water partition coefficient (Wildman–Crippen LogP) is 0.881. The number of piperidine rings is 1. The standard InChI is InChI=1S/C16H25N3O3/c1-12-5-8-19(14(20)13(12)15(21)22)11-16(17(2)3)6-9-18(4)10-7-16/h5,8H,6-7,9-11H2,1-4H3,(H,21,22). The third-order valence-corrected chi connectivity index (χ3v) is 4.92. The van der Waals surface area contributed by atoms with Crippen molar-refractivity contribution in [3.8, 4) is 0 Å². The highest BCUT2D eigenvalue weighted by Gasteiger charge is 2.36. The summed E-state index contributed by atoms with van der Waals surface area (Å²) in [5, 5.41) is 9.25. The minimum absolute atomic E-state index is 0.110. The van der Waals surface area contributed by atoms with E-state index in [-0.39, 0.29) is 11.1 Å². The second kappa shape index (κ2) is 6.22. The van der Waals surface area contributed by atoms with Crippen LogP contribution in [-0.2, 0) is 6.54 Å². The molecule has 1 fully saturated rings. The van der Waals surface area contributed by atoms with Gasteiger partial charge >= 0.3 is 5.97 Å². The Morgan fingerprint density at radius 2 is 1.95 bits per heavy atom. The molecule has 1 aliphatic heterocycles. The van der Waals surface area contributed by atoms with E-state index in [0.717, 1.165) is 25.9 Å². The Hall–Kier alpha value is -1.66. The molecule has 2 rings (SSSR count). The summed E-state index contributed by atoms with van der Waals surface area (Å²) in [6.07, 6.45) is 3.63. The van der Waals surface area contributed by atoms with Crippen LogP contribution in [0.15, 0.2) is 17.1 Å². The molecule has 0 atom stereocenters. The Balaban J connectivity index is 2.38. The van der Waals surface area contributed by atoms with E-state index in [1.807, 2.05) is 14.1 Å². The first-order chi connectivity index (χ1) is 10.3. The number of carbonyl (C=O) groups is 1. The highest BCUT2D eigenvalue weighted by molar-refractivity contribution is 5.88. The van der Waals surface area contributed by atoms with Crippen LogP contribution >= 0.6 is 0 Å². The number of nitrogens with zero attached hydrogens (tertiary/aromatic N) is 3. The highest BCUT2D eigenvalue weighted by Crippen LogP contribution is 2.28. The number of rotatable bonds is 4. The molecule has 22 heavy (non-hydrogen) atoms. The lowest BCUT2D eigenvalue weighted by Crippen LogP contribution is -2.55. The molecule has 0 unspecified atom stereocenters. The topological polar surface area (TPSA) is 65.8 Å². The molecule has 1 aromatic rings. The van der Waals surface area contributed by atoms with Crippen molar-refractivity contribution in [3.05, 3.63) is 33.7 Å². The quantitative estimate of drug-likeness (QED) is 0.894. The van der Waals surface area contributed by atoms with Gasteiger partial charge in [0, 0.05) is 18.3 Å². The minimum atomic E-state index is -1.15. The number of aromatic nitrogens is 1. The number of hydrogen-bond acceptors (Lipinski definition) is 4. The van der Waals surface area contributed by atoms with Crippen molar-refractivity contribution in [1.82, 2.24) is 14.4 Å². The summed E-state index contributed by atoms with van der Waals surface area (Å²) < 4.78 is 1.56. The maximum absolute atomic E-state index is 12.5. The molecule has 0 aliphatic carbocycles. The van der Waals surface area contributed by atoms with E-state index in [1.165, 1.54) is 0 Å². The van der Waals surface area contributed by atoms with Gasteiger partial charge in [-0.15, -0.1) is 0 Å². The number of carboxylic acids is 1. The average Bonchev–Trinajstić information content (AvgIpc) is 2.44. The van der Waals surface area contributed by atoms with Crippen LogP contribution in [0.2, 0.25) is 0 Å². The van der Waals surface area contributed by atoms with Crippen molar-refractivity contribution in [2.24, 2.45) is 0 Å². The zero-order valence-corrected chi connectivity index (χ0v) is 13.8. The van der Waals surface area contributed by atoms with Crippen LogP contribution in [0, 0.1) is 6.92 Å². The molecular formula is C16H25N3O3. The Kier molecular flexibility index (Phi) is 4.72. The van der Waals surface area contributed by atoms with Gasteiger partial charge in [-0.25, -0.2) is 4.79 Å². The van der Waals surface area contributed by atoms with Gasteiger partial charge in [0.05, 0.1) is 0 Å². The van der Waals surface area contributed by atoms with Gasteiger partial charge in [0.2, 0.25) is 0 Å². The fraction of sp³-hybridized carbons (Fsp3) is 0.625. The van der Waals surface area contributed by atoms with Crippen molar-refractivity contribution in [2.45, 2.75) is 31.8 Å². The summed E-state index contributed by atoms with van der Waals surface area (Å²) in [5.74, 6) is -1.15. The molecule has 1 aliphatic rings. The van der Waals surface area contributed by atoms with Gasteiger partial charge in [0.25, 0.3) is 5.56 Å². The number of aromatic carboxylic acids is 1. The summed E-state index contributed by atoms with van der Waals surface area (Å²) in [5.41, 5.74) is -0.130. The van der Waals surface area contributed by atoms with Crippen LogP contribution in [0.4, 0.5) is 0 Å². The Morgan fingerprint density at radius 3 is 2.45 bits per heavy atom. The van der Waals surface area contributed by atoms with Crippen LogP contribution in [-0.4, -0.2) is 65.2 Å². The number of carboxylic acid groups (broad SMARTS) is 1. The Morgan fingerprint density at radius 1 is 1.36 bits per heavy atom. The maximum atomic E-state index is 12.5. The second-order valence-electron chi connectivity index (χ2n) is 6.53. The van der Waals surface area contributed by atoms with Crippen LogP contribution in [0.1, 0.15) is 28.8 Å². The maximum Gasteiger partial charge on any atom is 0.341 e. The van der Waals surface area contributed by atoms with E-state index < -0.39 is 11.5 Å². The van der Waals surface area contributed by atoms with E-state index in [4.69, 9.17) is 0 Å². The molecule has 6 nitrogen and oxygen atoms in total. The third kappa shape index (κ3) is 3.08. The normalized spacial score (nSPS) is 18.6. The monoisotopic (exact) mass is 307 g/mol. The summed E-state index contributed by atoms with van der Waals surface area (Å²) in [6, 6.07) is 1.71. The molecule has 1 N–H and O–H groups in total. The van der Waals surface area contributed by atoms with Crippen molar-refractivity contribution in [2.75, 3.05) is 34.2 Å². The fourth-order valence-corrected chi connectivity index (χ4v) is 3.15. The molecule has 2 heterocycles. The van der Waals surface area contributed by atoms with Crippen LogP contribution < -0.4 is 5.56 Å². The first kappa shape index (κ1) is 16.7. The molecular weight excluding hydrogens is 282 g/mol. The van der Waals surface area contributed by atoms with Gasteiger partial charge in [-0.2, -0.15) is 0 Å². The number of hydrogen-bond donors (Lipinski definition) is 1. The largest absolute Gasteiger partial charge is 0.477 e. The van der Waals surface area contributed by atoms with E-state index in [1.54, 1.807) is 23.8 Å². The molecule has 0 saturated carbocycles. The van der Waals surface area contributed by atoms with Gasteiger partial charge < -0.3 is 19.5 Å². The third-order valence-electron chi connectivity index (χ3n) is 4.92. The number of likely N-dealkylation sites (tertiary alicyclic amines) is 1. The Bertz CT molecular complexity index is 614. The second-order valence-corrected chi connectivity index (χ2v) is 6.53. The molecule has 122 valence electrons. The molecule has 0 aromatic carbocycles. The zero-order valence-electron chi connectivity index (χ0n) is 13.8. The van der Waals surface area contributed by atoms with Gasteiger partial charge in [-0.1, -0.05) is 0 Å². The average molecular weight is 307 g/mol. The molecule has 0 amide bonds. The summed E-state index contributed by atoms with van der Waals surface area (Å²) in [4.78, 5) is 28.3. The van der Waals surface area contributed by atoms with Crippen molar-refractivity contribution >= 4 is 5.97 Å². The number of likely N-dealkylation sites (N-methyl/N-ethyl adjacent to an activating group) is 1. The van der Waals surface area contributed by atoms with Crippen molar-refractivity contribution < 1.29 is 9.90 Å². The van der Waals surface area contributed by atoms with E-state index >= 15 is 0 Å². The van der Waals surface area contributed by atoms with Gasteiger partial charge in [0.15, 0.2) is 0 Å². The molecule has 0 bridgehead atoms. The SMILES string of the molecule is Cc1ccn(CC2(N(C)C)CCN(C)CC2)c(=O)c1C(=O)O. The van der Waals surface area contributed by atoms with E-state index in [0.29, 0.717) is 12.1 Å². The van der Waals surface area contributed by atoms with Gasteiger partial charge in [-0.05, 0) is 65.6 Å². The smallest absolute Gasteiger partial charge is 0.341 e. The molecule has 6 heteroatoms. The highest BCUT2D eigenvalue weighted by atomic mass is 16.4. The predicted molar refractivity (Wildman–Crippen MR) is 85.5 cm³/mol. The fourth-order valence-electron chi connectivity index (χ4n) is 3.15. The first-order valence-corrected chi connectivity index (χ1v) is 7.56. The molecule has 1 aromatic heterocycles. The van der Waals surface area contributed by atoms with Crippen molar-refractivity contribution in [1.29, 1.82) is 0 Å². The van der Waals surface area contributed by atoms with Crippen LogP contribution in [0.25, 0.3) is 0 Å².